The van der Waals surface area contributed by atoms with E-state index in [9.17, 15) is 5.11 Å². The molecule has 3 heteroatoms. The Hall–Kier alpha value is 0.680. The minimum atomic E-state index is -2.23. The molecule has 70 valence electrons. The van der Waals surface area contributed by atoms with Crippen LogP contribution in [0.5, 0.6) is 0 Å². The molecule has 0 bridgehead atoms. The van der Waals surface area contributed by atoms with Crippen LogP contribution in [-0.4, -0.2) is 29.4 Å². The van der Waals surface area contributed by atoms with Crippen LogP contribution in [0.15, 0.2) is 0 Å². The van der Waals surface area contributed by atoms with E-state index in [2.05, 4.69) is 20.8 Å². The predicted octanol–water partition coefficient (Wildman–Crippen LogP) is 3.09. The van der Waals surface area contributed by atoms with Gasteiger partial charge in [0.2, 0.25) is 0 Å². The molecule has 0 aliphatic rings. The van der Waals surface area contributed by atoms with E-state index in [1.165, 1.54) is 0 Å². The normalized spacial score (nSPS) is 18.9. The van der Waals surface area contributed by atoms with Crippen LogP contribution in [0.3, 0.4) is 0 Å². The quantitative estimate of drug-likeness (QED) is 0.689. The molecule has 0 heterocycles. The van der Waals surface area contributed by atoms with Crippen LogP contribution in [0.1, 0.15) is 27.7 Å². The van der Waals surface area contributed by atoms with Crippen LogP contribution >= 0.6 is 17.2 Å². The summed E-state index contributed by atoms with van der Waals surface area (Å²) >= 11 is 6.57. The molecule has 0 aliphatic heterocycles. The summed E-state index contributed by atoms with van der Waals surface area (Å²) in [6, 6.07) is 0. The Bertz CT molecular complexity index is 121. The molecule has 11 heavy (non-hydrogen) atoms. The summed E-state index contributed by atoms with van der Waals surface area (Å²) in [6.07, 6.45) is 2.83. The number of aliphatic hydroxyl groups excluding tert-OH is 1. The standard InChI is InChI=1S/C8H20ClOP/c1-5-11(9,6-2,7-3)8(4)10/h8,10H,5-7H2,1-4H3. The fourth-order valence-electron chi connectivity index (χ4n) is 1.46. The van der Waals surface area contributed by atoms with E-state index < -0.39 is 5.96 Å². The monoisotopic (exact) mass is 198 g/mol. The van der Waals surface area contributed by atoms with Gasteiger partial charge in [0.1, 0.15) is 0 Å². The second-order valence-electron chi connectivity index (χ2n) is 3.26. The summed E-state index contributed by atoms with van der Waals surface area (Å²) in [7, 11) is 0. The first-order valence-electron chi connectivity index (χ1n) is 4.33. The number of hydrogen-bond donors (Lipinski definition) is 1. The van der Waals surface area contributed by atoms with Gasteiger partial charge in [0, 0.05) is 0 Å². The zero-order chi connectivity index (χ0) is 9.15. The van der Waals surface area contributed by atoms with Gasteiger partial charge in [-0.25, -0.2) is 0 Å². The van der Waals surface area contributed by atoms with Gasteiger partial charge in [0.15, 0.2) is 0 Å². The number of rotatable bonds is 4. The molecule has 1 atom stereocenters. The molecule has 0 rings (SSSR count). The maximum absolute atomic E-state index is 9.65. The van der Waals surface area contributed by atoms with Gasteiger partial charge in [0.05, 0.1) is 0 Å². The van der Waals surface area contributed by atoms with Gasteiger partial charge in [-0.15, -0.1) is 0 Å². The molecule has 0 saturated heterocycles. The molecule has 0 radical (unpaired) electrons. The molecule has 1 N–H and O–H groups in total. The molecule has 0 aromatic heterocycles. The fourth-order valence-corrected chi connectivity index (χ4v) is 4.39. The Morgan fingerprint density at radius 2 is 1.45 bits per heavy atom. The second kappa shape index (κ2) is 3.60. The fraction of sp³-hybridized carbons (Fsp3) is 1.00. The van der Waals surface area contributed by atoms with E-state index in [1.54, 1.807) is 0 Å². The van der Waals surface area contributed by atoms with Gasteiger partial charge >= 0.3 is 74.3 Å². The van der Waals surface area contributed by atoms with Gasteiger partial charge in [-0.3, -0.25) is 0 Å². The first-order valence-corrected chi connectivity index (χ1v) is 8.10. The Morgan fingerprint density at radius 1 is 1.18 bits per heavy atom. The summed E-state index contributed by atoms with van der Waals surface area (Å²) in [5.41, 5.74) is 0. The van der Waals surface area contributed by atoms with Crippen molar-refractivity contribution in [1.29, 1.82) is 0 Å². The summed E-state index contributed by atoms with van der Waals surface area (Å²) in [5, 5.41) is 9.65. The van der Waals surface area contributed by atoms with E-state index in [4.69, 9.17) is 11.2 Å². The van der Waals surface area contributed by atoms with Gasteiger partial charge in [0.25, 0.3) is 0 Å². The van der Waals surface area contributed by atoms with Gasteiger partial charge < -0.3 is 0 Å². The van der Waals surface area contributed by atoms with E-state index in [-0.39, 0.29) is 5.85 Å². The zero-order valence-corrected chi connectivity index (χ0v) is 9.62. The van der Waals surface area contributed by atoms with Gasteiger partial charge in [-0.1, -0.05) is 0 Å². The van der Waals surface area contributed by atoms with Crippen LogP contribution in [0.25, 0.3) is 0 Å². The van der Waals surface area contributed by atoms with Crippen molar-refractivity contribution in [2.75, 3.05) is 18.5 Å². The molecule has 0 saturated carbocycles. The first kappa shape index (κ1) is 11.7. The topological polar surface area (TPSA) is 20.2 Å². The third kappa shape index (κ3) is 1.88. The molecule has 0 fully saturated rings. The first-order chi connectivity index (χ1) is 4.93. The van der Waals surface area contributed by atoms with Crippen LogP contribution in [0.4, 0.5) is 0 Å². The van der Waals surface area contributed by atoms with Crippen LogP contribution in [-0.2, 0) is 0 Å². The van der Waals surface area contributed by atoms with E-state index in [0.29, 0.717) is 0 Å². The molecule has 0 spiro atoms. The molecule has 0 aromatic carbocycles. The molecule has 1 unspecified atom stereocenters. The van der Waals surface area contributed by atoms with Crippen molar-refractivity contribution in [2.45, 2.75) is 33.5 Å². The van der Waals surface area contributed by atoms with Crippen molar-refractivity contribution >= 4 is 17.2 Å². The zero-order valence-electron chi connectivity index (χ0n) is 7.97. The van der Waals surface area contributed by atoms with Crippen molar-refractivity contribution in [2.24, 2.45) is 0 Å². The number of halogens is 1. The van der Waals surface area contributed by atoms with Crippen LogP contribution < -0.4 is 0 Å². The summed E-state index contributed by atoms with van der Waals surface area (Å²) < 4.78 is 0. The van der Waals surface area contributed by atoms with Crippen molar-refractivity contribution in [1.82, 2.24) is 0 Å². The maximum atomic E-state index is 9.65. The summed E-state index contributed by atoms with van der Waals surface area (Å²) in [6.45, 7) is 8.10. The Balaban J connectivity index is 4.74. The van der Waals surface area contributed by atoms with Gasteiger partial charge in [-0.05, 0) is 0 Å². The van der Waals surface area contributed by atoms with Crippen molar-refractivity contribution < 1.29 is 5.11 Å². The predicted molar refractivity (Wildman–Crippen MR) is 56.1 cm³/mol. The molecular formula is C8H20ClOP. The minimum absolute atomic E-state index is 0.317. The van der Waals surface area contributed by atoms with E-state index >= 15 is 0 Å². The Labute approximate surface area is 74.9 Å². The average Bonchev–Trinajstić information content (AvgIpc) is 2.03. The SMILES string of the molecule is CCP(Cl)(CC)(CC)C(C)O. The summed E-state index contributed by atoms with van der Waals surface area (Å²) in [5.74, 6) is -2.55. The van der Waals surface area contributed by atoms with Crippen molar-refractivity contribution in [3.63, 3.8) is 0 Å². The van der Waals surface area contributed by atoms with Crippen LogP contribution in [0, 0.1) is 0 Å². The third-order valence-corrected chi connectivity index (χ3v) is 12.5. The van der Waals surface area contributed by atoms with E-state index in [1.807, 2.05) is 6.92 Å². The van der Waals surface area contributed by atoms with Crippen molar-refractivity contribution in [3.05, 3.63) is 0 Å². The molecule has 0 aliphatic carbocycles. The Kier molecular flexibility index (Phi) is 3.82. The second-order valence-corrected chi connectivity index (χ2v) is 12.0. The number of hydrogen-bond acceptors (Lipinski definition) is 1. The molecule has 0 amide bonds. The average molecular weight is 199 g/mol. The van der Waals surface area contributed by atoms with E-state index in [0.717, 1.165) is 18.5 Å². The third-order valence-electron chi connectivity index (χ3n) is 3.18. The Morgan fingerprint density at radius 3 is 1.45 bits per heavy atom. The number of aliphatic hydroxyl groups is 1. The summed E-state index contributed by atoms with van der Waals surface area (Å²) in [4.78, 5) is 0. The molecule has 1 nitrogen and oxygen atoms in total. The molecule has 0 aromatic rings. The van der Waals surface area contributed by atoms with Gasteiger partial charge in [-0.2, -0.15) is 0 Å². The van der Waals surface area contributed by atoms with Crippen LogP contribution in [0.2, 0.25) is 0 Å². The molecular weight excluding hydrogens is 179 g/mol. The van der Waals surface area contributed by atoms with Crippen molar-refractivity contribution in [3.8, 4) is 0 Å².